The molecule has 0 bridgehead atoms. The third kappa shape index (κ3) is 5.25. The largest absolute Gasteiger partial charge is 0.508 e. The van der Waals surface area contributed by atoms with E-state index in [2.05, 4.69) is 0 Å². The van der Waals surface area contributed by atoms with E-state index in [0.29, 0.717) is 12.0 Å². The Morgan fingerprint density at radius 1 is 1.14 bits per heavy atom. The number of aliphatic carboxylic acids is 1. The predicted molar refractivity (Wildman–Crippen MR) is 85.7 cm³/mol. The standard InChI is InChI=1S/C18H26O3/c1-17(2,3)11-13(16(20)21)9-12-7-8-15(19)14(10-12)18(4,5)6/h7-8,10-11,19H,9H2,1-6H3,(H,20,21). The maximum absolute atomic E-state index is 11.4. The molecule has 1 aromatic carbocycles. The summed E-state index contributed by atoms with van der Waals surface area (Å²) in [4.78, 5) is 11.4. The van der Waals surface area contributed by atoms with Crippen LogP contribution in [0.3, 0.4) is 0 Å². The van der Waals surface area contributed by atoms with E-state index in [1.54, 1.807) is 18.2 Å². The maximum Gasteiger partial charge on any atom is 0.331 e. The highest BCUT2D eigenvalue weighted by atomic mass is 16.4. The Bertz CT molecular complexity index is 555. The van der Waals surface area contributed by atoms with E-state index in [1.165, 1.54) is 0 Å². The van der Waals surface area contributed by atoms with Gasteiger partial charge >= 0.3 is 5.97 Å². The molecule has 0 fully saturated rings. The van der Waals surface area contributed by atoms with Crippen molar-refractivity contribution in [2.45, 2.75) is 53.4 Å². The molecule has 2 N–H and O–H groups in total. The number of carboxylic acid groups (broad SMARTS) is 1. The average Bonchev–Trinajstić information content (AvgIpc) is 2.27. The summed E-state index contributed by atoms with van der Waals surface area (Å²) in [5.41, 5.74) is 1.75. The fourth-order valence-corrected chi connectivity index (χ4v) is 2.22. The molecule has 0 aliphatic heterocycles. The lowest BCUT2D eigenvalue weighted by Gasteiger charge is -2.21. The smallest absolute Gasteiger partial charge is 0.331 e. The van der Waals surface area contributed by atoms with Gasteiger partial charge in [0.05, 0.1) is 0 Å². The Kier molecular flexibility index (Phi) is 4.87. The van der Waals surface area contributed by atoms with Crippen molar-refractivity contribution in [1.29, 1.82) is 0 Å². The summed E-state index contributed by atoms with van der Waals surface area (Å²) in [7, 11) is 0. The summed E-state index contributed by atoms with van der Waals surface area (Å²) in [6, 6.07) is 5.32. The normalized spacial score (nSPS) is 13.3. The molecule has 3 nitrogen and oxygen atoms in total. The average molecular weight is 290 g/mol. The second kappa shape index (κ2) is 5.92. The number of carbonyl (C=O) groups is 1. The lowest BCUT2D eigenvalue weighted by atomic mass is 9.84. The first-order valence-electron chi connectivity index (χ1n) is 7.17. The summed E-state index contributed by atoms with van der Waals surface area (Å²) in [6.45, 7) is 12.0. The number of allylic oxidation sites excluding steroid dienone is 1. The molecule has 21 heavy (non-hydrogen) atoms. The van der Waals surface area contributed by atoms with Gasteiger partial charge in [0, 0.05) is 12.0 Å². The zero-order valence-corrected chi connectivity index (χ0v) is 13.8. The van der Waals surface area contributed by atoms with Gasteiger partial charge in [-0.05, 0) is 28.0 Å². The van der Waals surface area contributed by atoms with Gasteiger partial charge in [-0.2, -0.15) is 0 Å². The number of hydrogen-bond donors (Lipinski definition) is 2. The van der Waals surface area contributed by atoms with Crippen LogP contribution < -0.4 is 0 Å². The van der Waals surface area contributed by atoms with Crippen LogP contribution in [0.15, 0.2) is 29.8 Å². The molecule has 3 heteroatoms. The van der Waals surface area contributed by atoms with Gasteiger partial charge in [-0.3, -0.25) is 0 Å². The van der Waals surface area contributed by atoms with Crippen molar-refractivity contribution in [2.24, 2.45) is 5.41 Å². The highest BCUT2D eigenvalue weighted by molar-refractivity contribution is 5.87. The van der Waals surface area contributed by atoms with Gasteiger partial charge in [-0.1, -0.05) is 59.8 Å². The number of benzene rings is 1. The second-order valence-corrected chi connectivity index (χ2v) is 7.62. The molecule has 116 valence electrons. The molecule has 0 spiro atoms. The number of carboxylic acids is 1. The van der Waals surface area contributed by atoms with E-state index in [4.69, 9.17) is 0 Å². The van der Waals surface area contributed by atoms with Crippen molar-refractivity contribution >= 4 is 5.97 Å². The molecule has 0 aromatic heterocycles. The molecule has 0 radical (unpaired) electrons. The first kappa shape index (κ1) is 17.3. The lowest BCUT2D eigenvalue weighted by molar-refractivity contribution is -0.132. The molecule has 1 aromatic rings. The number of phenols is 1. The van der Waals surface area contributed by atoms with Crippen LogP contribution in [-0.2, 0) is 16.6 Å². The SMILES string of the molecule is CC(C)(C)C=C(Cc1ccc(O)c(C(C)(C)C)c1)C(=O)O. The van der Waals surface area contributed by atoms with Crippen molar-refractivity contribution in [3.63, 3.8) is 0 Å². The van der Waals surface area contributed by atoms with Crippen LogP contribution in [0.5, 0.6) is 5.75 Å². The fraction of sp³-hybridized carbons (Fsp3) is 0.500. The highest BCUT2D eigenvalue weighted by Crippen LogP contribution is 2.32. The number of phenolic OH excluding ortho intramolecular Hbond substituents is 1. The van der Waals surface area contributed by atoms with Gasteiger partial charge in [0.2, 0.25) is 0 Å². The molecule has 0 heterocycles. The summed E-state index contributed by atoms with van der Waals surface area (Å²) >= 11 is 0. The quantitative estimate of drug-likeness (QED) is 0.816. The zero-order valence-electron chi connectivity index (χ0n) is 13.8. The Labute approximate surface area is 127 Å². The van der Waals surface area contributed by atoms with Crippen LogP contribution in [0.1, 0.15) is 52.7 Å². The van der Waals surface area contributed by atoms with Crippen LogP contribution in [0.25, 0.3) is 0 Å². The van der Waals surface area contributed by atoms with Crippen molar-refractivity contribution in [2.75, 3.05) is 0 Å². The van der Waals surface area contributed by atoms with E-state index in [1.807, 2.05) is 47.6 Å². The zero-order chi connectivity index (χ0) is 16.4. The van der Waals surface area contributed by atoms with Gasteiger partial charge in [0.1, 0.15) is 5.75 Å². The third-order valence-corrected chi connectivity index (χ3v) is 3.15. The summed E-state index contributed by atoms with van der Waals surface area (Å²) < 4.78 is 0. The van der Waals surface area contributed by atoms with Crippen molar-refractivity contribution < 1.29 is 15.0 Å². The Morgan fingerprint density at radius 2 is 1.71 bits per heavy atom. The minimum Gasteiger partial charge on any atom is -0.508 e. The molecule has 0 saturated heterocycles. The van der Waals surface area contributed by atoms with Gasteiger partial charge in [-0.25, -0.2) is 4.79 Å². The van der Waals surface area contributed by atoms with Gasteiger partial charge in [-0.15, -0.1) is 0 Å². The van der Waals surface area contributed by atoms with Crippen LogP contribution in [0.2, 0.25) is 0 Å². The van der Waals surface area contributed by atoms with E-state index in [9.17, 15) is 15.0 Å². The first-order chi connectivity index (χ1) is 9.40. The van der Waals surface area contributed by atoms with Gasteiger partial charge in [0.25, 0.3) is 0 Å². The molecule has 1 rings (SSSR count). The molecule has 0 unspecified atom stereocenters. The van der Waals surface area contributed by atoms with Crippen LogP contribution >= 0.6 is 0 Å². The minimum atomic E-state index is -0.893. The van der Waals surface area contributed by atoms with E-state index in [0.717, 1.165) is 11.1 Å². The van der Waals surface area contributed by atoms with E-state index < -0.39 is 5.97 Å². The molecule has 0 saturated carbocycles. The number of aromatic hydroxyl groups is 1. The Morgan fingerprint density at radius 3 is 2.14 bits per heavy atom. The van der Waals surface area contributed by atoms with Gasteiger partial charge in [0.15, 0.2) is 0 Å². The second-order valence-electron chi connectivity index (χ2n) is 7.62. The summed E-state index contributed by atoms with van der Waals surface area (Å²) in [5.74, 6) is -0.641. The van der Waals surface area contributed by atoms with E-state index >= 15 is 0 Å². The maximum atomic E-state index is 11.4. The Balaban J connectivity index is 3.18. The van der Waals surface area contributed by atoms with Crippen molar-refractivity contribution in [1.82, 2.24) is 0 Å². The van der Waals surface area contributed by atoms with Crippen LogP contribution in [0, 0.1) is 5.41 Å². The molecular formula is C18H26O3. The minimum absolute atomic E-state index is 0.183. The molecular weight excluding hydrogens is 264 g/mol. The van der Waals surface area contributed by atoms with Crippen LogP contribution in [-0.4, -0.2) is 16.2 Å². The van der Waals surface area contributed by atoms with Crippen molar-refractivity contribution in [3.05, 3.63) is 41.0 Å². The monoisotopic (exact) mass is 290 g/mol. The topological polar surface area (TPSA) is 57.5 Å². The molecule has 0 atom stereocenters. The number of hydrogen-bond acceptors (Lipinski definition) is 2. The van der Waals surface area contributed by atoms with E-state index in [-0.39, 0.29) is 16.6 Å². The third-order valence-electron chi connectivity index (χ3n) is 3.15. The Hall–Kier alpha value is -1.77. The summed E-state index contributed by atoms with van der Waals surface area (Å²) in [6.07, 6.45) is 2.15. The predicted octanol–water partition coefficient (Wildman–Crippen LogP) is 4.29. The van der Waals surface area contributed by atoms with Crippen LogP contribution in [0.4, 0.5) is 0 Å². The molecule has 0 amide bonds. The first-order valence-corrected chi connectivity index (χ1v) is 7.17. The van der Waals surface area contributed by atoms with Gasteiger partial charge < -0.3 is 10.2 Å². The fourth-order valence-electron chi connectivity index (χ4n) is 2.22. The summed E-state index contributed by atoms with van der Waals surface area (Å²) in [5, 5.41) is 19.3. The lowest BCUT2D eigenvalue weighted by Crippen LogP contribution is -2.13. The number of rotatable bonds is 3. The van der Waals surface area contributed by atoms with Crippen molar-refractivity contribution in [3.8, 4) is 5.75 Å². The molecule has 0 aliphatic carbocycles. The highest BCUT2D eigenvalue weighted by Gasteiger charge is 2.20. The molecule has 0 aliphatic rings.